The maximum Gasteiger partial charge on any atom is 0.251 e. The summed E-state index contributed by atoms with van der Waals surface area (Å²) in [6, 6.07) is 6.04. The van der Waals surface area contributed by atoms with E-state index in [0.29, 0.717) is 0 Å². The lowest BCUT2D eigenvalue weighted by Gasteiger charge is -2.32. The third-order valence-corrected chi connectivity index (χ3v) is 4.62. The highest BCUT2D eigenvalue weighted by Crippen LogP contribution is 2.27. The van der Waals surface area contributed by atoms with E-state index in [9.17, 15) is 8.78 Å². The molecular weight excluding hydrogens is 348 g/mol. The Morgan fingerprint density at radius 1 is 1.04 bits per heavy atom. The second-order valence-corrected chi connectivity index (χ2v) is 6.44. The standard InChI is InChI=1S/C17H23F2N5.ClH/c18-17(19)7-9-24(10-8-17)16(21)23-15(20)22-14-6-5-12-3-1-2-4-13(12)11-14;/h5-6,11H,1-4,7-10H2,(H4,20,21,22,23);1H. The first kappa shape index (κ1) is 19.4. The van der Waals surface area contributed by atoms with Crippen molar-refractivity contribution >= 4 is 30.0 Å². The number of benzene rings is 1. The van der Waals surface area contributed by atoms with Crippen LogP contribution in [0.3, 0.4) is 0 Å². The minimum atomic E-state index is -2.61. The first-order valence-corrected chi connectivity index (χ1v) is 8.36. The number of aryl methyl sites for hydroxylation is 2. The monoisotopic (exact) mass is 371 g/mol. The van der Waals surface area contributed by atoms with E-state index in [2.05, 4.69) is 16.1 Å². The molecule has 5 nitrogen and oxygen atoms in total. The fraction of sp³-hybridized carbons (Fsp3) is 0.529. The van der Waals surface area contributed by atoms with Crippen molar-refractivity contribution < 1.29 is 8.78 Å². The smallest absolute Gasteiger partial charge is 0.251 e. The van der Waals surface area contributed by atoms with Gasteiger partial charge in [0.1, 0.15) is 0 Å². The van der Waals surface area contributed by atoms with Crippen LogP contribution in [0.15, 0.2) is 28.2 Å². The van der Waals surface area contributed by atoms with Gasteiger partial charge in [-0.1, -0.05) is 6.07 Å². The summed E-state index contributed by atoms with van der Waals surface area (Å²) in [7, 11) is 0. The molecule has 1 aromatic carbocycles. The Morgan fingerprint density at radius 3 is 2.36 bits per heavy atom. The number of nitrogens with zero attached hydrogens (tertiary/aromatic N) is 3. The number of piperidine rings is 1. The van der Waals surface area contributed by atoms with Crippen LogP contribution in [0.25, 0.3) is 0 Å². The van der Waals surface area contributed by atoms with Crippen LogP contribution < -0.4 is 11.5 Å². The first-order chi connectivity index (χ1) is 11.4. The topological polar surface area (TPSA) is 80.0 Å². The lowest BCUT2D eigenvalue weighted by Crippen LogP contribution is -2.46. The Kier molecular flexibility index (Phi) is 6.21. The molecule has 1 heterocycles. The molecule has 0 atom stereocenters. The molecule has 138 valence electrons. The number of aliphatic imine (C=N–C) groups is 2. The van der Waals surface area contributed by atoms with E-state index >= 15 is 0 Å². The van der Waals surface area contributed by atoms with Gasteiger partial charge in [-0.3, -0.25) is 0 Å². The number of rotatable bonds is 1. The Hall–Kier alpha value is -1.89. The molecule has 1 fully saturated rings. The molecule has 1 aliphatic heterocycles. The second-order valence-electron chi connectivity index (χ2n) is 6.44. The minimum absolute atomic E-state index is 0. The quantitative estimate of drug-likeness (QED) is 0.588. The number of alkyl halides is 2. The summed E-state index contributed by atoms with van der Waals surface area (Å²) in [5, 5.41) is 0. The molecule has 4 N–H and O–H groups in total. The Labute approximate surface area is 152 Å². The molecule has 1 saturated heterocycles. The van der Waals surface area contributed by atoms with Gasteiger partial charge in [0.15, 0.2) is 5.96 Å². The maximum atomic E-state index is 13.2. The highest BCUT2D eigenvalue weighted by molar-refractivity contribution is 5.94. The summed E-state index contributed by atoms with van der Waals surface area (Å²) >= 11 is 0. The van der Waals surface area contributed by atoms with Crippen LogP contribution in [-0.4, -0.2) is 35.8 Å². The van der Waals surface area contributed by atoms with E-state index in [1.165, 1.54) is 24.0 Å². The van der Waals surface area contributed by atoms with Crippen LogP contribution in [-0.2, 0) is 12.8 Å². The van der Waals surface area contributed by atoms with E-state index < -0.39 is 5.92 Å². The molecule has 3 rings (SSSR count). The predicted octanol–water partition coefficient (Wildman–Crippen LogP) is 2.98. The lowest BCUT2D eigenvalue weighted by atomic mass is 9.91. The zero-order valence-electron chi connectivity index (χ0n) is 14.0. The van der Waals surface area contributed by atoms with Gasteiger partial charge in [0.05, 0.1) is 5.69 Å². The van der Waals surface area contributed by atoms with Crippen molar-refractivity contribution in [2.24, 2.45) is 21.5 Å². The van der Waals surface area contributed by atoms with Crippen LogP contribution in [0.4, 0.5) is 14.5 Å². The SMILES string of the molecule is Cl.NC(=Nc1ccc2c(c1)CCCC2)/N=C(/N)N1CCC(F)(F)CC1. The summed E-state index contributed by atoms with van der Waals surface area (Å²) in [4.78, 5) is 9.96. The van der Waals surface area contributed by atoms with Gasteiger partial charge in [-0.15, -0.1) is 12.4 Å². The molecule has 1 aliphatic carbocycles. The maximum absolute atomic E-state index is 13.2. The van der Waals surface area contributed by atoms with Crippen LogP contribution >= 0.6 is 12.4 Å². The molecule has 0 unspecified atom stereocenters. The van der Waals surface area contributed by atoms with E-state index in [0.717, 1.165) is 18.5 Å². The van der Waals surface area contributed by atoms with E-state index in [1.54, 1.807) is 4.90 Å². The predicted molar refractivity (Wildman–Crippen MR) is 99.0 cm³/mol. The largest absolute Gasteiger partial charge is 0.369 e. The molecule has 0 spiro atoms. The molecule has 2 aliphatic rings. The van der Waals surface area contributed by atoms with E-state index in [1.807, 2.05) is 12.1 Å². The molecule has 0 amide bonds. The van der Waals surface area contributed by atoms with Crippen LogP contribution in [0.5, 0.6) is 0 Å². The van der Waals surface area contributed by atoms with Gasteiger partial charge in [0, 0.05) is 25.9 Å². The fourth-order valence-electron chi connectivity index (χ4n) is 3.20. The summed E-state index contributed by atoms with van der Waals surface area (Å²) in [6.07, 6.45) is 4.16. The van der Waals surface area contributed by atoms with E-state index in [-0.39, 0.29) is 50.3 Å². The van der Waals surface area contributed by atoms with Gasteiger partial charge in [-0.05, 0) is 48.9 Å². The first-order valence-electron chi connectivity index (χ1n) is 8.36. The van der Waals surface area contributed by atoms with Gasteiger partial charge < -0.3 is 16.4 Å². The average Bonchev–Trinajstić information content (AvgIpc) is 2.54. The van der Waals surface area contributed by atoms with Crippen LogP contribution in [0, 0.1) is 0 Å². The molecule has 0 radical (unpaired) electrons. The summed E-state index contributed by atoms with van der Waals surface area (Å²) in [5.41, 5.74) is 15.2. The Bertz CT molecular complexity index is 665. The Balaban J connectivity index is 0.00000225. The van der Waals surface area contributed by atoms with Gasteiger partial charge in [-0.2, -0.15) is 4.99 Å². The number of hydrogen-bond acceptors (Lipinski definition) is 1. The number of halogens is 3. The van der Waals surface area contributed by atoms with Crippen molar-refractivity contribution in [3.8, 4) is 0 Å². The Morgan fingerprint density at radius 2 is 1.68 bits per heavy atom. The normalized spacial score (nSPS) is 20.6. The molecule has 25 heavy (non-hydrogen) atoms. The number of nitrogens with two attached hydrogens (primary N) is 2. The fourth-order valence-corrected chi connectivity index (χ4v) is 3.20. The summed E-state index contributed by atoms with van der Waals surface area (Å²) < 4.78 is 26.3. The van der Waals surface area contributed by atoms with Crippen molar-refractivity contribution in [1.82, 2.24) is 4.90 Å². The molecule has 1 aromatic rings. The van der Waals surface area contributed by atoms with Crippen molar-refractivity contribution in [1.29, 1.82) is 0 Å². The third-order valence-electron chi connectivity index (χ3n) is 4.62. The number of guanidine groups is 2. The van der Waals surface area contributed by atoms with Crippen molar-refractivity contribution in [3.63, 3.8) is 0 Å². The molecule has 0 bridgehead atoms. The van der Waals surface area contributed by atoms with Crippen LogP contribution in [0.1, 0.15) is 36.8 Å². The highest BCUT2D eigenvalue weighted by atomic mass is 35.5. The van der Waals surface area contributed by atoms with Crippen molar-refractivity contribution in [2.75, 3.05) is 13.1 Å². The third kappa shape index (κ3) is 5.04. The summed E-state index contributed by atoms with van der Waals surface area (Å²) in [5.74, 6) is -2.43. The zero-order chi connectivity index (χ0) is 17.2. The van der Waals surface area contributed by atoms with Crippen molar-refractivity contribution in [3.05, 3.63) is 29.3 Å². The number of fused-ring (bicyclic) bond motifs is 1. The van der Waals surface area contributed by atoms with Gasteiger partial charge in [0.2, 0.25) is 5.96 Å². The molecular formula is C17H24ClF2N5. The highest BCUT2D eigenvalue weighted by Gasteiger charge is 2.34. The lowest BCUT2D eigenvalue weighted by molar-refractivity contribution is -0.0435. The molecule has 0 aromatic heterocycles. The average molecular weight is 372 g/mol. The molecule has 8 heteroatoms. The zero-order valence-corrected chi connectivity index (χ0v) is 14.9. The van der Waals surface area contributed by atoms with Crippen molar-refractivity contribution in [2.45, 2.75) is 44.4 Å². The van der Waals surface area contributed by atoms with Crippen LogP contribution in [0.2, 0.25) is 0 Å². The number of likely N-dealkylation sites (tertiary alicyclic amines) is 1. The molecule has 0 saturated carbocycles. The summed E-state index contributed by atoms with van der Waals surface area (Å²) in [6.45, 7) is 0.350. The number of hydrogen-bond donors (Lipinski definition) is 2. The van der Waals surface area contributed by atoms with Gasteiger partial charge >= 0.3 is 0 Å². The second kappa shape index (κ2) is 7.99. The van der Waals surface area contributed by atoms with Gasteiger partial charge in [-0.25, -0.2) is 13.8 Å². The van der Waals surface area contributed by atoms with Gasteiger partial charge in [0.25, 0.3) is 5.92 Å². The minimum Gasteiger partial charge on any atom is -0.369 e. The van der Waals surface area contributed by atoms with E-state index in [4.69, 9.17) is 11.5 Å².